The summed E-state index contributed by atoms with van der Waals surface area (Å²) >= 11 is 1.17. The molecule has 0 radical (unpaired) electrons. The first-order valence-electron chi connectivity index (χ1n) is 8.50. The Morgan fingerprint density at radius 3 is 2.22 bits per heavy atom. The summed E-state index contributed by atoms with van der Waals surface area (Å²) < 4.78 is 0. The smallest absolute Gasteiger partial charge is 0.348 e. The lowest BCUT2D eigenvalue weighted by Crippen LogP contribution is -2.37. The van der Waals surface area contributed by atoms with Crippen molar-refractivity contribution >= 4 is 34.6 Å². The summed E-state index contributed by atoms with van der Waals surface area (Å²) in [5.41, 5.74) is 8.05. The molecule has 1 aromatic heterocycles. The van der Waals surface area contributed by atoms with Crippen LogP contribution in [0.4, 0.5) is 11.4 Å². The first-order chi connectivity index (χ1) is 12.9. The Morgan fingerprint density at radius 1 is 1.04 bits per heavy atom. The average Bonchev–Trinajstić information content (AvgIpc) is 3.08. The molecule has 0 spiro atoms. The zero-order valence-corrected chi connectivity index (χ0v) is 15.9. The van der Waals surface area contributed by atoms with Gasteiger partial charge in [-0.1, -0.05) is 30.3 Å². The SMILES string of the molecule is CC(C)N(C(=O)c1ccc(N)cc1)c1cc(-c2ccccc2)sc1C(=O)O. The number of nitrogens with two attached hydrogens (primary N) is 1. The number of nitrogen functional groups attached to an aromatic ring is 1. The Morgan fingerprint density at radius 2 is 1.67 bits per heavy atom. The fraction of sp³-hybridized carbons (Fsp3) is 0.143. The van der Waals surface area contributed by atoms with E-state index in [1.807, 2.05) is 44.2 Å². The van der Waals surface area contributed by atoms with Crippen LogP contribution in [0.5, 0.6) is 0 Å². The van der Waals surface area contributed by atoms with Crippen molar-refractivity contribution in [1.29, 1.82) is 0 Å². The normalized spacial score (nSPS) is 10.8. The molecule has 2 aromatic carbocycles. The van der Waals surface area contributed by atoms with Crippen molar-refractivity contribution in [3.05, 3.63) is 71.1 Å². The van der Waals surface area contributed by atoms with Crippen LogP contribution in [0.25, 0.3) is 10.4 Å². The average molecular weight is 380 g/mol. The van der Waals surface area contributed by atoms with Crippen molar-refractivity contribution in [3.63, 3.8) is 0 Å². The van der Waals surface area contributed by atoms with Gasteiger partial charge in [0, 0.05) is 22.2 Å². The zero-order valence-electron chi connectivity index (χ0n) is 15.0. The topological polar surface area (TPSA) is 83.6 Å². The van der Waals surface area contributed by atoms with Gasteiger partial charge in [-0.05, 0) is 49.7 Å². The summed E-state index contributed by atoms with van der Waals surface area (Å²) in [6.45, 7) is 3.72. The minimum Gasteiger partial charge on any atom is -0.477 e. The fourth-order valence-corrected chi connectivity index (χ4v) is 3.84. The van der Waals surface area contributed by atoms with Gasteiger partial charge in [0.05, 0.1) is 5.69 Å². The first-order valence-corrected chi connectivity index (χ1v) is 9.31. The van der Waals surface area contributed by atoms with Gasteiger partial charge >= 0.3 is 5.97 Å². The van der Waals surface area contributed by atoms with Crippen LogP contribution in [0, 0.1) is 0 Å². The second kappa shape index (κ2) is 7.63. The van der Waals surface area contributed by atoms with E-state index < -0.39 is 5.97 Å². The lowest BCUT2D eigenvalue weighted by atomic mass is 10.1. The second-order valence-electron chi connectivity index (χ2n) is 6.39. The monoisotopic (exact) mass is 380 g/mol. The molecule has 3 rings (SSSR count). The van der Waals surface area contributed by atoms with Crippen LogP contribution in [0.3, 0.4) is 0 Å². The molecule has 138 valence electrons. The molecule has 3 aromatic rings. The van der Waals surface area contributed by atoms with E-state index in [0.717, 1.165) is 10.4 Å². The van der Waals surface area contributed by atoms with E-state index in [1.165, 1.54) is 16.2 Å². The Balaban J connectivity index is 2.09. The highest BCUT2D eigenvalue weighted by atomic mass is 32.1. The van der Waals surface area contributed by atoms with E-state index in [-0.39, 0.29) is 16.8 Å². The second-order valence-corrected chi connectivity index (χ2v) is 7.44. The number of carbonyl (C=O) groups excluding carboxylic acids is 1. The van der Waals surface area contributed by atoms with Crippen LogP contribution in [-0.2, 0) is 0 Å². The number of nitrogens with zero attached hydrogens (tertiary/aromatic N) is 1. The number of anilines is 2. The quantitative estimate of drug-likeness (QED) is 0.626. The van der Waals surface area contributed by atoms with Gasteiger partial charge in [-0.3, -0.25) is 4.79 Å². The predicted octanol–water partition coefficient (Wildman–Crippen LogP) is 4.75. The summed E-state index contributed by atoms with van der Waals surface area (Å²) in [5, 5.41) is 9.70. The maximum atomic E-state index is 13.1. The molecule has 27 heavy (non-hydrogen) atoms. The van der Waals surface area contributed by atoms with Crippen molar-refractivity contribution in [2.24, 2.45) is 0 Å². The van der Waals surface area contributed by atoms with Gasteiger partial charge in [0.25, 0.3) is 5.91 Å². The highest BCUT2D eigenvalue weighted by Gasteiger charge is 2.28. The van der Waals surface area contributed by atoms with Crippen molar-refractivity contribution in [2.75, 3.05) is 10.6 Å². The highest BCUT2D eigenvalue weighted by molar-refractivity contribution is 7.18. The minimum atomic E-state index is -1.05. The van der Waals surface area contributed by atoms with Gasteiger partial charge in [-0.2, -0.15) is 0 Å². The Kier molecular flexibility index (Phi) is 5.28. The van der Waals surface area contributed by atoms with Crippen molar-refractivity contribution in [1.82, 2.24) is 0 Å². The molecule has 6 heteroatoms. The molecule has 1 heterocycles. The number of carboxylic acid groups (broad SMARTS) is 1. The largest absolute Gasteiger partial charge is 0.477 e. The number of carbonyl (C=O) groups is 2. The van der Waals surface area contributed by atoms with E-state index in [1.54, 1.807) is 30.3 Å². The van der Waals surface area contributed by atoms with Crippen LogP contribution in [0.15, 0.2) is 60.7 Å². The van der Waals surface area contributed by atoms with Gasteiger partial charge in [-0.15, -0.1) is 11.3 Å². The van der Waals surface area contributed by atoms with Crippen molar-refractivity contribution in [3.8, 4) is 10.4 Å². The van der Waals surface area contributed by atoms with Crippen molar-refractivity contribution in [2.45, 2.75) is 19.9 Å². The number of amides is 1. The molecule has 5 nitrogen and oxygen atoms in total. The first kappa shape index (κ1) is 18.7. The van der Waals surface area contributed by atoms with Gasteiger partial charge in [-0.25, -0.2) is 4.79 Å². The standard InChI is InChI=1S/C21H20N2O3S/c1-13(2)23(20(24)15-8-10-16(22)11-9-15)17-12-18(27-19(17)21(25)26)14-6-4-3-5-7-14/h3-13H,22H2,1-2H3,(H,25,26). The Bertz CT molecular complexity index is 963. The lowest BCUT2D eigenvalue weighted by Gasteiger charge is -2.26. The van der Waals surface area contributed by atoms with Crippen LogP contribution < -0.4 is 10.6 Å². The van der Waals surface area contributed by atoms with Crippen LogP contribution >= 0.6 is 11.3 Å². The molecule has 0 unspecified atom stereocenters. The third-order valence-electron chi connectivity index (χ3n) is 4.12. The summed E-state index contributed by atoms with van der Waals surface area (Å²) in [7, 11) is 0. The van der Waals surface area contributed by atoms with Gasteiger partial charge in [0.15, 0.2) is 0 Å². The number of benzene rings is 2. The summed E-state index contributed by atoms with van der Waals surface area (Å²) in [4.78, 5) is 27.4. The van der Waals surface area contributed by atoms with E-state index in [0.29, 0.717) is 16.9 Å². The molecule has 0 saturated heterocycles. The number of thiophene rings is 1. The summed E-state index contributed by atoms with van der Waals surface area (Å²) in [5.74, 6) is -1.31. The highest BCUT2D eigenvalue weighted by Crippen LogP contribution is 2.38. The number of carboxylic acids is 1. The molecular formula is C21H20N2O3S. The predicted molar refractivity (Wildman–Crippen MR) is 110 cm³/mol. The molecule has 1 amide bonds. The molecule has 0 bridgehead atoms. The van der Waals surface area contributed by atoms with Gasteiger partial charge in [0.2, 0.25) is 0 Å². The van der Waals surface area contributed by atoms with Crippen LogP contribution in [0.2, 0.25) is 0 Å². The minimum absolute atomic E-state index is 0.145. The number of rotatable bonds is 5. The molecule has 0 saturated carbocycles. The molecule has 0 fully saturated rings. The number of aromatic carboxylic acids is 1. The number of hydrogen-bond donors (Lipinski definition) is 2. The summed E-state index contributed by atoms with van der Waals surface area (Å²) in [6, 6.07) is 17.7. The van der Waals surface area contributed by atoms with Crippen molar-refractivity contribution < 1.29 is 14.7 Å². The molecule has 3 N–H and O–H groups in total. The zero-order chi connectivity index (χ0) is 19.6. The Hall–Kier alpha value is -3.12. The van der Waals surface area contributed by atoms with Gasteiger partial charge < -0.3 is 15.7 Å². The van der Waals surface area contributed by atoms with Crippen LogP contribution in [0.1, 0.15) is 33.9 Å². The van der Waals surface area contributed by atoms with E-state index in [4.69, 9.17) is 5.73 Å². The number of hydrogen-bond acceptors (Lipinski definition) is 4. The van der Waals surface area contributed by atoms with E-state index in [9.17, 15) is 14.7 Å². The third kappa shape index (κ3) is 3.85. The van der Waals surface area contributed by atoms with Crippen LogP contribution in [-0.4, -0.2) is 23.0 Å². The molecule has 0 aliphatic rings. The molecular weight excluding hydrogens is 360 g/mol. The molecule has 0 atom stereocenters. The Labute approximate surface area is 161 Å². The van der Waals surface area contributed by atoms with E-state index >= 15 is 0 Å². The fourth-order valence-electron chi connectivity index (χ4n) is 2.85. The maximum Gasteiger partial charge on any atom is 0.348 e. The maximum absolute atomic E-state index is 13.1. The summed E-state index contributed by atoms with van der Waals surface area (Å²) in [6.07, 6.45) is 0. The van der Waals surface area contributed by atoms with Gasteiger partial charge in [0.1, 0.15) is 4.88 Å². The van der Waals surface area contributed by atoms with E-state index in [2.05, 4.69) is 0 Å². The molecule has 0 aliphatic carbocycles. The third-order valence-corrected chi connectivity index (χ3v) is 5.28. The lowest BCUT2D eigenvalue weighted by molar-refractivity contribution is 0.0703. The molecule has 0 aliphatic heterocycles.